The second kappa shape index (κ2) is 12.4. The van der Waals surface area contributed by atoms with Crippen molar-refractivity contribution in [3.8, 4) is 5.75 Å². The van der Waals surface area contributed by atoms with Crippen LogP contribution >= 0.6 is 0 Å². The molecule has 0 aliphatic carbocycles. The maximum atomic E-state index is 12.2. The Hall–Kier alpha value is -4.61. The Kier molecular flexibility index (Phi) is 9.01. The Balaban J connectivity index is 1.65. The fourth-order valence-electron chi connectivity index (χ4n) is 4.94. The molecule has 1 heterocycles. The Labute approximate surface area is 279 Å². The molecule has 0 aromatic heterocycles. The molecule has 0 saturated heterocycles. The minimum atomic E-state index is -4.90. The van der Waals surface area contributed by atoms with E-state index in [9.17, 15) is 51.9 Å². The quantitative estimate of drug-likeness (QED) is 0.110. The van der Waals surface area contributed by atoms with E-state index in [-0.39, 0.29) is 27.9 Å². The van der Waals surface area contributed by atoms with Crippen molar-refractivity contribution in [1.82, 2.24) is 0 Å². The van der Waals surface area contributed by atoms with Gasteiger partial charge in [0, 0.05) is 28.9 Å². The van der Waals surface area contributed by atoms with Crippen molar-refractivity contribution in [2.45, 2.75) is 32.2 Å². The lowest BCUT2D eigenvalue weighted by Gasteiger charge is -2.30. The molecule has 1 aliphatic heterocycles. The molecule has 1 unspecified atom stereocenters. The first-order valence-electron chi connectivity index (χ1n) is 13.4. The first kappa shape index (κ1) is 35.7. The molecule has 0 amide bonds. The molecule has 258 valence electrons. The van der Waals surface area contributed by atoms with E-state index in [1.54, 1.807) is 25.1 Å². The van der Waals surface area contributed by atoms with Crippen molar-refractivity contribution in [3.05, 3.63) is 83.9 Å². The average molecular weight is 753 g/mol. The maximum absolute atomic E-state index is 12.2. The summed E-state index contributed by atoms with van der Waals surface area (Å²) in [7, 11) is -17.9. The van der Waals surface area contributed by atoms with Gasteiger partial charge in [0.25, 0.3) is 40.5 Å². The Morgan fingerprint density at radius 3 is 1.88 bits per heavy atom. The molecule has 5 rings (SSSR count). The van der Waals surface area contributed by atoms with Gasteiger partial charge in [-0.05, 0) is 78.6 Å². The van der Waals surface area contributed by atoms with Gasteiger partial charge in [-0.3, -0.25) is 23.2 Å². The summed E-state index contributed by atoms with van der Waals surface area (Å²) in [6.45, 7) is 1.58. The van der Waals surface area contributed by atoms with Gasteiger partial charge in [0.2, 0.25) is 0 Å². The van der Waals surface area contributed by atoms with Crippen LogP contribution in [-0.4, -0.2) is 65.2 Å². The van der Waals surface area contributed by atoms with Gasteiger partial charge >= 0.3 is 0 Å². The number of hydrogen-bond donors (Lipinski definition) is 5. The monoisotopic (exact) mass is 752 g/mol. The zero-order valence-corrected chi connectivity index (χ0v) is 28.2. The van der Waals surface area contributed by atoms with Gasteiger partial charge in [-0.2, -0.15) is 38.8 Å². The molecular weight excluding hydrogens is 729 g/mol. The number of aliphatic imine (C=N–C) groups is 1. The fraction of sp³-hybridized carbons (Fsp3) is 0.107. The predicted molar refractivity (Wildman–Crippen MR) is 174 cm³/mol. The maximum Gasteiger partial charge on any atom is 0.296 e. The highest BCUT2D eigenvalue weighted by Gasteiger charge is 2.35. The number of benzene rings is 4. The van der Waals surface area contributed by atoms with E-state index in [0.29, 0.717) is 17.2 Å². The van der Waals surface area contributed by atoms with E-state index >= 15 is 0 Å². The molecule has 4 aromatic rings. The van der Waals surface area contributed by atoms with Gasteiger partial charge < -0.3 is 10.1 Å². The lowest BCUT2D eigenvalue weighted by Crippen LogP contribution is -2.30. The normalized spacial score (nSPS) is 16.9. The number of allylic oxidation sites excluding steroid dienone is 1. The van der Waals surface area contributed by atoms with E-state index in [1.807, 2.05) is 0 Å². The highest BCUT2D eigenvalue weighted by Crippen LogP contribution is 2.43. The zero-order valence-electron chi connectivity index (χ0n) is 24.9. The van der Waals surface area contributed by atoms with Crippen LogP contribution in [0.5, 0.6) is 5.75 Å². The summed E-state index contributed by atoms with van der Waals surface area (Å²) in [5.74, 6) is 0.112. The molecule has 0 fully saturated rings. The number of anilines is 1. The van der Waals surface area contributed by atoms with Gasteiger partial charge in [0.05, 0.1) is 27.5 Å². The van der Waals surface area contributed by atoms with Gasteiger partial charge in [-0.15, -0.1) is 5.11 Å². The van der Waals surface area contributed by atoms with Crippen LogP contribution in [0.1, 0.15) is 11.1 Å². The van der Waals surface area contributed by atoms with Crippen molar-refractivity contribution in [2.75, 3.05) is 12.4 Å². The summed E-state index contributed by atoms with van der Waals surface area (Å²) in [5, 5.41) is 11.3. The van der Waals surface area contributed by atoms with Gasteiger partial charge in [0.1, 0.15) is 16.3 Å². The topological polar surface area (TPSA) is 276 Å². The van der Waals surface area contributed by atoms with Gasteiger partial charge in [0.15, 0.2) is 5.66 Å². The van der Waals surface area contributed by atoms with Crippen LogP contribution in [-0.2, 0) is 46.1 Å². The van der Waals surface area contributed by atoms with E-state index in [2.05, 4.69) is 20.5 Å². The van der Waals surface area contributed by atoms with Crippen LogP contribution in [0.3, 0.4) is 0 Å². The minimum Gasteiger partial charge on any atom is -0.496 e. The summed E-state index contributed by atoms with van der Waals surface area (Å²) in [4.78, 5) is 1.90. The largest absolute Gasteiger partial charge is 0.496 e. The van der Waals surface area contributed by atoms with E-state index < -0.39 is 71.4 Å². The smallest absolute Gasteiger partial charge is 0.296 e. The lowest BCUT2D eigenvalue weighted by atomic mass is 9.95. The molecule has 0 bridgehead atoms. The summed E-state index contributed by atoms with van der Waals surface area (Å²) in [5.41, 5.74) is -1.27. The van der Waals surface area contributed by atoms with Crippen molar-refractivity contribution in [2.24, 2.45) is 15.2 Å². The number of nitrogens with one attached hydrogen (secondary N) is 1. The number of azo groups is 1. The summed E-state index contributed by atoms with van der Waals surface area (Å²) in [6, 6.07) is 10.7. The van der Waals surface area contributed by atoms with Crippen LogP contribution in [0.4, 0.5) is 17.1 Å². The third kappa shape index (κ3) is 7.38. The molecular formula is C28H24N4O13S4. The molecule has 0 radical (unpaired) electrons. The van der Waals surface area contributed by atoms with E-state index in [1.165, 1.54) is 25.5 Å². The summed E-state index contributed by atoms with van der Waals surface area (Å²) in [6.07, 6.45) is 4.59. The van der Waals surface area contributed by atoms with Crippen LogP contribution in [0.2, 0.25) is 0 Å². The first-order chi connectivity index (χ1) is 22.6. The van der Waals surface area contributed by atoms with Crippen LogP contribution in [0.25, 0.3) is 10.8 Å². The number of hydrogen-bond acceptors (Lipinski definition) is 13. The molecule has 0 spiro atoms. The zero-order chi connectivity index (χ0) is 36.2. The lowest BCUT2D eigenvalue weighted by molar-refractivity contribution is 0.402. The first-order valence-corrected chi connectivity index (χ1v) is 19.1. The number of ether oxygens (including phenoxy) is 1. The molecule has 5 N–H and O–H groups in total. The molecule has 1 atom stereocenters. The van der Waals surface area contributed by atoms with E-state index in [0.717, 1.165) is 36.4 Å². The second-order valence-electron chi connectivity index (χ2n) is 10.5. The number of methoxy groups -OCH3 is 1. The molecule has 17 nitrogen and oxygen atoms in total. The van der Waals surface area contributed by atoms with Gasteiger partial charge in [-0.25, -0.2) is 0 Å². The fourth-order valence-corrected chi connectivity index (χ4v) is 7.10. The van der Waals surface area contributed by atoms with Crippen LogP contribution in [0, 0.1) is 6.92 Å². The highest BCUT2D eigenvalue weighted by atomic mass is 32.2. The third-order valence-electron chi connectivity index (χ3n) is 7.22. The van der Waals surface area contributed by atoms with Crippen molar-refractivity contribution < 1.29 is 56.6 Å². The Bertz CT molecular complexity index is 2570. The number of rotatable bonds is 10. The standard InChI is InChI=1S/C28H24N4O13S4/c1-16-10-22(26(45-2)15-23(16)31-32-25-13-19(47(36,37)38)5-7-27(25)49(42,43)44)28(8-3-9-29-28)30-24-14-20(48(39,40)41)12-17-11-18(46(33,34)35)4-6-21(17)24/h3-15,30H,1-2H3,(H,33,34,35)(H,36,37,38)(H,39,40,41)(H,42,43,44). The van der Waals surface area contributed by atoms with Crippen molar-refractivity contribution in [3.63, 3.8) is 0 Å². The van der Waals surface area contributed by atoms with Crippen molar-refractivity contribution >= 4 is 74.5 Å². The average Bonchev–Trinajstić information content (AvgIpc) is 3.47. The molecule has 49 heavy (non-hydrogen) atoms. The minimum absolute atomic E-state index is 0.0232. The highest BCUT2D eigenvalue weighted by molar-refractivity contribution is 7.86. The molecule has 21 heteroatoms. The number of aryl methyl sites for hydroxylation is 1. The Morgan fingerprint density at radius 1 is 0.714 bits per heavy atom. The van der Waals surface area contributed by atoms with Crippen LogP contribution in [0.15, 0.2) is 108 Å². The Morgan fingerprint density at radius 2 is 1.31 bits per heavy atom. The summed E-state index contributed by atoms with van der Waals surface area (Å²) < 4.78 is 139. The molecule has 4 aromatic carbocycles. The SMILES string of the molecule is COc1cc(N=Nc2cc(S(=O)(=O)O)ccc2S(=O)(=O)O)c(C)cc1C1(Nc2cc(S(=O)(=O)O)cc3cc(S(=O)(=O)O)ccc23)C=CC=N1. The van der Waals surface area contributed by atoms with Crippen LogP contribution < -0.4 is 10.1 Å². The number of nitrogens with zero attached hydrogens (tertiary/aromatic N) is 3. The second-order valence-corrected chi connectivity index (χ2v) is 16.1. The molecule has 0 saturated carbocycles. The van der Waals surface area contributed by atoms with Crippen molar-refractivity contribution in [1.29, 1.82) is 0 Å². The number of fused-ring (bicyclic) bond motifs is 1. The molecule has 1 aliphatic rings. The third-order valence-corrected chi connectivity index (χ3v) is 10.7. The van der Waals surface area contributed by atoms with Gasteiger partial charge in [-0.1, -0.05) is 6.07 Å². The predicted octanol–water partition coefficient (Wildman–Crippen LogP) is 4.46. The van der Waals surface area contributed by atoms with E-state index in [4.69, 9.17) is 4.74 Å². The summed E-state index contributed by atoms with van der Waals surface area (Å²) >= 11 is 0.